The Balaban J connectivity index is 1.39. The normalized spacial score (nSPS) is 10.9. The third-order valence-corrected chi connectivity index (χ3v) is 7.37. The molecule has 6 rings (SSSR count). The van der Waals surface area contributed by atoms with Crippen molar-refractivity contribution in [1.82, 2.24) is 19.6 Å². The van der Waals surface area contributed by atoms with Gasteiger partial charge in [-0.05, 0) is 48.5 Å². The Morgan fingerprint density at radius 3 is 1.29 bits per heavy atom. The average Bonchev–Trinajstić information content (AvgIpc) is 3.51. The van der Waals surface area contributed by atoms with E-state index < -0.39 is 20.0 Å². The molecule has 0 amide bonds. The first-order valence-electron chi connectivity index (χ1n) is 12.5. The molecule has 0 atom stereocenters. The Kier molecular flexibility index (Phi) is 7.54. The topological polar surface area (TPSA) is 112 Å². The third kappa shape index (κ3) is 5.41. The Morgan fingerprint density at radius 1 is 0.571 bits per heavy atom. The zero-order chi connectivity index (χ0) is 29.2. The van der Waals surface area contributed by atoms with Crippen molar-refractivity contribution in [1.29, 1.82) is 0 Å². The van der Waals surface area contributed by atoms with Crippen LogP contribution in [-0.4, -0.2) is 29.8 Å². The van der Waals surface area contributed by atoms with Crippen molar-refractivity contribution in [2.75, 3.05) is 0 Å². The number of aromatic hydroxyl groups is 2. The summed E-state index contributed by atoms with van der Waals surface area (Å²) in [4.78, 5) is 0. The molecule has 9 nitrogen and oxygen atoms in total. The van der Waals surface area contributed by atoms with Crippen LogP contribution in [0.15, 0.2) is 109 Å². The number of hydrogen-bond donors (Lipinski definition) is 2. The van der Waals surface area contributed by atoms with Crippen LogP contribution in [0.4, 0.5) is 0 Å². The lowest BCUT2D eigenvalue weighted by Crippen LogP contribution is -1.95. The lowest BCUT2D eigenvalue weighted by Gasteiger charge is -2.02. The molecule has 208 valence electrons. The molecule has 0 saturated heterocycles. The van der Waals surface area contributed by atoms with Gasteiger partial charge in [-0.1, -0.05) is 83.9 Å². The molecule has 0 fully saturated rings. The minimum absolute atomic E-state index is 0.178. The molecule has 0 radical (unpaired) electrons. The second-order valence-electron chi connectivity index (χ2n) is 8.92. The van der Waals surface area contributed by atoms with Crippen LogP contribution in [0.25, 0.3) is 33.9 Å². The van der Waals surface area contributed by atoms with E-state index in [-0.39, 0.29) is 22.9 Å². The summed E-state index contributed by atoms with van der Waals surface area (Å²) >= 11 is 12.1. The summed E-state index contributed by atoms with van der Waals surface area (Å²) in [5.74, 6) is -1.17. The van der Waals surface area contributed by atoms with Crippen molar-refractivity contribution in [3.05, 3.63) is 119 Å². The molecule has 6 aromatic rings. The van der Waals surface area contributed by atoms with Gasteiger partial charge in [-0.25, -0.2) is 9.05 Å². The summed E-state index contributed by atoms with van der Waals surface area (Å²) < 4.78 is 27.3. The molecular weight excluding hydrogens is 598 g/mol. The summed E-state index contributed by atoms with van der Waals surface area (Å²) in [5.41, 5.74) is 2.63. The fourth-order valence-electron chi connectivity index (χ4n) is 4.22. The predicted molar refractivity (Wildman–Crippen MR) is 160 cm³/mol. The second-order valence-corrected chi connectivity index (χ2v) is 10.6. The maximum atomic E-state index is 13.4. The van der Waals surface area contributed by atoms with Crippen molar-refractivity contribution in [2.24, 2.45) is 0 Å². The summed E-state index contributed by atoms with van der Waals surface area (Å²) in [7, 11) is -3.02. The van der Waals surface area contributed by atoms with Gasteiger partial charge in [-0.15, -0.1) is 0 Å². The van der Waals surface area contributed by atoms with E-state index in [1.807, 2.05) is 12.1 Å². The number of rotatable bonds is 8. The molecule has 0 aliphatic rings. The highest BCUT2D eigenvalue weighted by Gasteiger charge is 2.37. The molecule has 0 aliphatic heterocycles. The van der Waals surface area contributed by atoms with Gasteiger partial charge in [-0.3, -0.25) is 0 Å². The first-order chi connectivity index (χ1) is 20.4. The summed E-state index contributed by atoms with van der Waals surface area (Å²) in [6.45, 7) is 0. The van der Waals surface area contributed by atoms with Crippen LogP contribution in [-0.2, 0) is 4.57 Å². The fourth-order valence-corrected chi connectivity index (χ4v) is 5.14. The second kappa shape index (κ2) is 11.6. The van der Waals surface area contributed by atoms with E-state index in [1.54, 1.807) is 97.1 Å². The molecule has 0 saturated carbocycles. The first-order valence-corrected chi connectivity index (χ1v) is 14.3. The largest absolute Gasteiger partial charge is 0.806 e. The number of aromatic nitrogens is 4. The van der Waals surface area contributed by atoms with Gasteiger partial charge in [0.15, 0.2) is 0 Å². The molecule has 0 bridgehead atoms. The SMILES string of the molecule is O=[P+](Oc1c(-c2ccccc2)nn(-c2ccc(Cl)cc2)c1O)Oc1c(-c2ccccc2)nn(-c2ccc(Cl)cc2)c1O. The first kappa shape index (κ1) is 27.4. The zero-order valence-corrected chi connectivity index (χ0v) is 23.9. The van der Waals surface area contributed by atoms with Gasteiger partial charge < -0.3 is 10.2 Å². The highest BCUT2D eigenvalue weighted by atomic mass is 35.5. The van der Waals surface area contributed by atoms with Crippen LogP contribution in [0, 0.1) is 0 Å². The highest BCUT2D eigenvalue weighted by molar-refractivity contribution is 7.34. The predicted octanol–water partition coefficient (Wildman–Crippen LogP) is 8.23. The summed E-state index contributed by atoms with van der Waals surface area (Å²) in [6.07, 6.45) is 0. The minimum Gasteiger partial charge on any atom is -0.490 e. The standard InChI is InChI=1S/C30H19Cl2N4O5P/c31-21-11-15-23(16-12-21)35-29(37)27(25(33-35)19-7-3-1-4-8-19)40-42(39)41-28-26(20-9-5-2-6-10-20)34-36(30(28)38)24-17-13-22(32)14-18-24/h1-18H,(H-,33,34,37,38)/p+1. The maximum absolute atomic E-state index is 13.4. The fraction of sp³-hybridized carbons (Fsp3) is 0. The van der Waals surface area contributed by atoms with E-state index in [4.69, 9.17) is 32.2 Å². The van der Waals surface area contributed by atoms with E-state index >= 15 is 0 Å². The molecule has 0 unspecified atom stereocenters. The Morgan fingerprint density at radius 2 is 0.929 bits per heavy atom. The molecule has 4 aromatic carbocycles. The molecule has 0 spiro atoms. The van der Waals surface area contributed by atoms with E-state index in [2.05, 4.69) is 10.2 Å². The zero-order valence-electron chi connectivity index (χ0n) is 21.5. The molecule has 2 aromatic heterocycles. The van der Waals surface area contributed by atoms with Crippen LogP contribution < -0.4 is 9.05 Å². The van der Waals surface area contributed by atoms with E-state index in [0.29, 0.717) is 32.5 Å². The van der Waals surface area contributed by atoms with E-state index in [0.717, 1.165) is 0 Å². The van der Waals surface area contributed by atoms with Gasteiger partial charge in [0.2, 0.25) is 0 Å². The summed E-state index contributed by atoms with van der Waals surface area (Å²) in [5, 5.41) is 32.3. The van der Waals surface area contributed by atoms with Crippen molar-refractivity contribution < 1.29 is 23.8 Å². The maximum Gasteiger partial charge on any atom is 0.806 e. The molecule has 12 heteroatoms. The number of benzene rings is 4. The molecular formula is C30H20Cl2N4O5P+. The highest BCUT2D eigenvalue weighted by Crippen LogP contribution is 2.47. The number of hydrogen-bond acceptors (Lipinski definition) is 7. The quantitative estimate of drug-likeness (QED) is 0.165. The number of nitrogens with zero attached hydrogens (tertiary/aromatic N) is 4. The molecule has 2 N–H and O–H groups in total. The number of halogens is 2. The molecule has 42 heavy (non-hydrogen) atoms. The van der Waals surface area contributed by atoms with Crippen LogP contribution in [0.5, 0.6) is 23.3 Å². The van der Waals surface area contributed by atoms with Gasteiger partial charge in [-0.2, -0.15) is 19.6 Å². The van der Waals surface area contributed by atoms with Crippen LogP contribution in [0.2, 0.25) is 10.0 Å². The monoisotopic (exact) mass is 617 g/mol. The molecule has 2 heterocycles. The Bertz CT molecular complexity index is 1740. The minimum atomic E-state index is -3.02. The van der Waals surface area contributed by atoms with Crippen LogP contribution >= 0.6 is 31.5 Å². The lowest BCUT2D eigenvalue weighted by molar-refractivity contribution is 0.369. The van der Waals surface area contributed by atoms with Crippen LogP contribution in [0.3, 0.4) is 0 Å². The molecule has 0 aliphatic carbocycles. The Hall–Kier alpha value is -4.82. The van der Waals surface area contributed by atoms with E-state index in [9.17, 15) is 14.8 Å². The van der Waals surface area contributed by atoms with Crippen molar-refractivity contribution in [3.8, 4) is 57.1 Å². The van der Waals surface area contributed by atoms with Crippen LogP contribution in [0.1, 0.15) is 0 Å². The lowest BCUT2D eigenvalue weighted by atomic mass is 10.1. The van der Waals surface area contributed by atoms with E-state index in [1.165, 1.54) is 9.36 Å². The smallest absolute Gasteiger partial charge is 0.490 e. The van der Waals surface area contributed by atoms with Crippen molar-refractivity contribution in [3.63, 3.8) is 0 Å². The van der Waals surface area contributed by atoms with Gasteiger partial charge in [0.05, 0.1) is 11.4 Å². The third-order valence-electron chi connectivity index (χ3n) is 6.21. The summed E-state index contributed by atoms with van der Waals surface area (Å²) in [6, 6.07) is 31.2. The van der Waals surface area contributed by atoms with Crippen molar-refractivity contribution >= 4 is 31.5 Å². The van der Waals surface area contributed by atoms with Gasteiger partial charge in [0.1, 0.15) is 11.4 Å². The average molecular weight is 618 g/mol. The Labute approximate surface area is 250 Å². The van der Waals surface area contributed by atoms with Gasteiger partial charge >= 0.3 is 8.25 Å². The van der Waals surface area contributed by atoms with Gasteiger partial charge in [0, 0.05) is 25.7 Å². The van der Waals surface area contributed by atoms with Gasteiger partial charge in [0.25, 0.3) is 23.3 Å². The van der Waals surface area contributed by atoms with Crippen molar-refractivity contribution in [2.45, 2.75) is 0 Å².